The molecule has 2 aromatic rings. The lowest BCUT2D eigenvalue weighted by molar-refractivity contribution is -0.123. The second kappa shape index (κ2) is 8.69. The number of nitrogens with one attached hydrogen (secondary N) is 2. The molecule has 0 saturated carbocycles. The van der Waals surface area contributed by atoms with Crippen LogP contribution in [0.25, 0.3) is 0 Å². The molecular formula is C18H20ClFN2O4S. The molecule has 0 bridgehead atoms. The van der Waals surface area contributed by atoms with E-state index in [0.29, 0.717) is 11.3 Å². The fraction of sp³-hybridized carbons (Fsp3) is 0.278. The second-order valence-electron chi connectivity index (χ2n) is 5.92. The van der Waals surface area contributed by atoms with E-state index in [1.807, 2.05) is 0 Å². The Balaban J connectivity index is 2.06. The van der Waals surface area contributed by atoms with E-state index in [2.05, 4.69) is 10.0 Å². The molecule has 0 radical (unpaired) electrons. The number of ether oxygens (including phenoxy) is 1. The van der Waals surface area contributed by atoms with Gasteiger partial charge in [0.2, 0.25) is 15.9 Å². The first-order valence-corrected chi connectivity index (χ1v) is 9.92. The van der Waals surface area contributed by atoms with Gasteiger partial charge in [0.1, 0.15) is 11.6 Å². The number of benzene rings is 2. The van der Waals surface area contributed by atoms with Crippen molar-refractivity contribution < 1.29 is 22.3 Å². The zero-order valence-electron chi connectivity index (χ0n) is 15.0. The largest absolute Gasteiger partial charge is 0.495 e. The zero-order valence-corrected chi connectivity index (χ0v) is 16.6. The lowest BCUT2D eigenvalue weighted by Crippen LogP contribution is -2.45. The smallest absolute Gasteiger partial charge is 0.241 e. The number of methoxy groups -OCH3 is 1. The Morgan fingerprint density at radius 2 is 1.78 bits per heavy atom. The Morgan fingerprint density at radius 3 is 2.33 bits per heavy atom. The maximum atomic E-state index is 13.0. The minimum atomic E-state index is -3.96. The van der Waals surface area contributed by atoms with Crippen LogP contribution in [0.2, 0.25) is 5.02 Å². The number of sulfonamides is 1. The van der Waals surface area contributed by atoms with E-state index < -0.39 is 28.0 Å². The number of carbonyl (C=O) groups is 1. The summed E-state index contributed by atoms with van der Waals surface area (Å²) in [6, 6.07) is 8.24. The van der Waals surface area contributed by atoms with Crippen LogP contribution in [0, 0.1) is 5.82 Å². The van der Waals surface area contributed by atoms with Crippen LogP contribution in [0.15, 0.2) is 47.4 Å². The molecule has 0 aliphatic rings. The maximum absolute atomic E-state index is 13.0. The molecule has 0 aliphatic heterocycles. The second-order valence-corrected chi connectivity index (χ2v) is 8.04. The molecule has 6 nitrogen and oxygen atoms in total. The van der Waals surface area contributed by atoms with Gasteiger partial charge in [-0.3, -0.25) is 4.79 Å². The predicted molar refractivity (Wildman–Crippen MR) is 101 cm³/mol. The van der Waals surface area contributed by atoms with Gasteiger partial charge in [0.15, 0.2) is 0 Å². The Hall–Kier alpha value is -2.16. The molecule has 1 amide bonds. The SMILES string of the molecule is COc1ccc(S(=O)(=O)N[C@@H](C)C(=O)N[C@@H](C)c2ccc(F)cc2)cc1Cl. The maximum Gasteiger partial charge on any atom is 0.241 e. The van der Waals surface area contributed by atoms with Crippen LogP contribution in [0.4, 0.5) is 4.39 Å². The van der Waals surface area contributed by atoms with E-state index in [-0.39, 0.29) is 15.7 Å². The summed E-state index contributed by atoms with van der Waals surface area (Å²) in [4.78, 5) is 12.2. The number of rotatable bonds is 7. The average Bonchev–Trinajstić information content (AvgIpc) is 2.61. The number of hydrogen-bond donors (Lipinski definition) is 2. The molecule has 0 fully saturated rings. The van der Waals surface area contributed by atoms with Crippen molar-refractivity contribution in [3.05, 3.63) is 58.9 Å². The Kier molecular flexibility index (Phi) is 6.80. The molecule has 2 rings (SSSR count). The summed E-state index contributed by atoms with van der Waals surface area (Å²) in [6.45, 7) is 3.14. The Morgan fingerprint density at radius 1 is 1.15 bits per heavy atom. The van der Waals surface area contributed by atoms with Crippen molar-refractivity contribution in [2.24, 2.45) is 0 Å². The van der Waals surface area contributed by atoms with Crippen molar-refractivity contribution in [1.29, 1.82) is 0 Å². The lowest BCUT2D eigenvalue weighted by atomic mass is 10.1. The molecule has 0 saturated heterocycles. The third-order valence-electron chi connectivity index (χ3n) is 3.89. The van der Waals surface area contributed by atoms with Gasteiger partial charge in [0.25, 0.3) is 0 Å². The highest BCUT2D eigenvalue weighted by Gasteiger charge is 2.24. The molecular weight excluding hydrogens is 395 g/mol. The topological polar surface area (TPSA) is 84.5 Å². The molecule has 2 atom stereocenters. The molecule has 146 valence electrons. The molecule has 2 aromatic carbocycles. The first kappa shape index (κ1) is 21.1. The highest BCUT2D eigenvalue weighted by atomic mass is 35.5. The van der Waals surface area contributed by atoms with Crippen LogP contribution < -0.4 is 14.8 Å². The van der Waals surface area contributed by atoms with E-state index in [1.54, 1.807) is 19.1 Å². The summed E-state index contributed by atoms with van der Waals surface area (Å²) in [5.41, 5.74) is 0.696. The Bertz CT molecular complexity index is 919. The van der Waals surface area contributed by atoms with Crippen molar-refractivity contribution in [3.8, 4) is 5.75 Å². The van der Waals surface area contributed by atoms with Gasteiger partial charge in [-0.15, -0.1) is 0 Å². The minimum absolute atomic E-state index is 0.0838. The third-order valence-corrected chi connectivity index (χ3v) is 5.72. The Labute approximate surface area is 162 Å². The number of amides is 1. The number of halogens is 2. The predicted octanol–water partition coefficient (Wildman–Crippen LogP) is 3.03. The molecule has 2 N–H and O–H groups in total. The van der Waals surface area contributed by atoms with Crippen molar-refractivity contribution >= 4 is 27.5 Å². The molecule has 0 spiro atoms. The third kappa shape index (κ3) is 5.41. The van der Waals surface area contributed by atoms with E-state index in [1.165, 1.54) is 44.4 Å². The van der Waals surface area contributed by atoms with Gasteiger partial charge in [-0.05, 0) is 49.7 Å². The van der Waals surface area contributed by atoms with Crippen molar-refractivity contribution in [2.75, 3.05) is 7.11 Å². The molecule has 0 unspecified atom stereocenters. The van der Waals surface area contributed by atoms with Gasteiger partial charge in [-0.2, -0.15) is 4.72 Å². The first-order valence-electron chi connectivity index (χ1n) is 8.05. The van der Waals surface area contributed by atoms with Crippen molar-refractivity contribution in [1.82, 2.24) is 10.0 Å². The van der Waals surface area contributed by atoms with E-state index in [4.69, 9.17) is 16.3 Å². The van der Waals surface area contributed by atoms with Crippen LogP contribution >= 0.6 is 11.6 Å². The molecule has 9 heteroatoms. The van der Waals surface area contributed by atoms with Crippen molar-refractivity contribution in [2.45, 2.75) is 30.8 Å². The quantitative estimate of drug-likeness (QED) is 0.729. The monoisotopic (exact) mass is 414 g/mol. The normalized spacial score (nSPS) is 13.7. The molecule has 27 heavy (non-hydrogen) atoms. The number of hydrogen-bond acceptors (Lipinski definition) is 4. The van der Waals surface area contributed by atoms with Gasteiger partial charge in [0, 0.05) is 0 Å². The van der Waals surface area contributed by atoms with Gasteiger partial charge < -0.3 is 10.1 Å². The summed E-state index contributed by atoms with van der Waals surface area (Å²) >= 11 is 5.96. The highest BCUT2D eigenvalue weighted by Crippen LogP contribution is 2.27. The first-order chi connectivity index (χ1) is 12.6. The van der Waals surface area contributed by atoms with Crippen LogP contribution in [-0.2, 0) is 14.8 Å². The minimum Gasteiger partial charge on any atom is -0.495 e. The fourth-order valence-corrected chi connectivity index (χ4v) is 3.89. The van der Waals surface area contributed by atoms with Crippen molar-refractivity contribution in [3.63, 3.8) is 0 Å². The summed E-state index contributed by atoms with van der Waals surface area (Å²) in [5, 5.41) is 2.83. The highest BCUT2D eigenvalue weighted by molar-refractivity contribution is 7.89. The van der Waals surface area contributed by atoms with E-state index >= 15 is 0 Å². The average molecular weight is 415 g/mol. The molecule has 0 aromatic heterocycles. The molecule has 0 heterocycles. The summed E-state index contributed by atoms with van der Waals surface area (Å²) in [7, 11) is -2.54. The zero-order chi connectivity index (χ0) is 20.2. The van der Waals surface area contributed by atoms with Gasteiger partial charge >= 0.3 is 0 Å². The molecule has 0 aliphatic carbocycles. The fourth-order valence-electron chi connectivity index (χ4n) is 2.34. The van der Waals surface area contributed by atoms with Gasteiger partial charge in [-0.25, -0.2) is 12.8 Å². The van der Waals surface area contributed by atoms with Crippen LogP contribution in [0.3, 0.4) is 0 Å². The van der Waals surface area contributed by atoms with Gasteiger partial charge in [0.05, 0.1) is 29.1 Å². The standard InChI is InChI=1S/C18H20ClFN2O4S/c1-11(13-4-6-14(20)7-5-13)21-18(23)12(2)22-27(24,25)15-8-9-17(26-3)16(19)10-15/h4-12,22H,1-3H3,(H,21,23)/t11-,12-/m0/s1. The summed E-state index contributed by atoms with van der Waals surface area (Å²) in [6.07, 6.45) is 0. The van der Waals surface area contributed by atoms with Crippen LogP contribution in [-0.4, -0.2) is 27.5 Å². The summed E-state index contributed by atoms with van der Waals surface area (Å²) in [5.74, 6) is -0.555. The van der Waals surface area contributed by atoms with E-state index in [0.717, 1.165) is 0 Å². The van der Waals surface area contributed by atoms with Gasteiger partial charge in [-0.1, -0.05) is 23.7 Å². The lowest BCUT2D eigenvalue weighted by Gasteiger charge is -2.19. The summed E-state index contributed by atoms with van der Waals surface area (Å²) < 4.78 is 45.2. The van der Waals surface area contributed by atoms with Crippen LogP contribution in [0.1, 0.15) is 25.5 Å². The van der Waals surface area contributed by atoms with Crippen LogP contribution in [0.5, 0.6) is 5.75 Å². The number of carbonyl (C=O) groups excluding carboxylic acids is 1. The van der Waals surface area contributed by atoms with E-state index in [9.17, 15) is 17.6 Å².